The van der Waals surface area contributed by atoms with Crippen LogP contribution in [0.15, 0.2) is 29.2 Å². The van der Waals surface area contributed by atoms with Crippen LogP contribution in [0.1, 0.15) is 44.1 Å². The van der Waals surface area contributed by atoms with Gasteiger partial charge in [0.25, 0.3) is 0 Å². The molecule has 2 rings (SSSR count). The quantitative estimate of drug-likeness (QED) is 0.820. The lowest BCUT2D eigenvalue weighted by molar-refractivity contribution is 0.459. The molecule has 0 atom stereocenters. The molecule has 1 fully saturated rings. The largest absolute Gasteiger partial charge is 0.310 e. The van der Waals surface area contributed by atoms with E-state index in [1.807, 2.05) is 6.07 Å². The standard InChI is InChI=1S/C15H24N2O2S/c1-16-20(18,19)15-10-6-7-13(11-15)12-17-14-8-4-2-3-5-9-14/h6-7,10-11,14,16-17H,2-5,8-9,12H2,1H3. The van der Waals surface area contributed by atoms with Crippen molar-refractivity contribution in [2.24, 2.45) is 0 Å². The van der Waals surface area contributed by atoms with E-state index in [4.69, 9.17) is 0 Å². The average molecular weight is 296 g/mol. The first-order chi connectivity index (χ1) is 9.62. The number of nitrogens with one attached hydrogen (secondary N) is 2. The van der Waals surface area contributed by atoms with Gasteiger partial charge in [-0.05, 0) is 37.6 Å². The van der Waals surface area contributed by atoms with Crippen LogP contribution < -0.4 is 10.0 Å². The van der Waals surface area contributed by atoms with Crippen molar-refractivity contribution in [2.75, 3.05) is 7.05 Å². The summed E-state index contributed by atoms with van der Waals surface area (Å²) >= 11 is 0. The van der Waals surface area contributed by atoms with Crippen molar-refractivity contribution in [2.45, 2.75) is 56.0 Å². The summed E-state index contributed by atoms with van der Waals surface area (Å²) < 4.78 is 25.9. The van der Waals surface area contributed by atoms with Crippen LogP contribution in [0.2, 0.25) is 0 Å². The molecule has 4 nitrogen and oxygen atoms in total. The molecule has 0 bridgehead atoms. The van der Waals surface area contributed by atoms with Crippen molar-refractivity contribution in [3.8, 4) is 0 Å². The zero-order valence-electron chi connectivity index (χ0n) is 12.1. The summed E-state index contributed by atoms with van der Waals surface area (Å²) in [6, 6.07) is 7.71. The summed E-state index contributed by atoms with van der Waals surface area (Å²) in [6.07, 6.45) is 7.74. The Labute approximate surface area is 122 Å². The highest BCUT2D eigenvalue weighted by Gasteiger charge is 2.13. The van der Waals surface area contributed by atoms with Gasteiger partial charge in [0.05, 0.1) is 4.90 Å². The minimum absolute atomic E-state index is 0.333. The molecule has 1 saturated carbocycles. The molecule has 0 unspecified atom stereocenters. The summed E-state index contributed by atoms with van der Waals surface area (Å²) in [4.78, 5) is 0.333. The Kier molecular flexibility index (Phi) is 5.57. The first kappa shape index (κ1) is 15.5. The van der Waals surface area contributed by atoms with Gasteiger partial charge in [-0.2, -0.15) is 0 Å². The normalized spacial score (nSPS) is 17.9. The molecule has 1 aromatic carbocycles. The molecule has 112 valence electrons. The van der Waals surface area contributed by atoms with E-state index < -0.39 is 10.0 Å². The Hall–Kier alpha value is -0.910. The molecule has 2 N–H and O–H groups in total. The number of hydrogen-bond donors (Lipinski definition) is 2. The highest BCUT2D eigenvalue weighted by atomic mass is 32.2. The van der Waals surface area contributed by atoms with Crippen molar-refractivity contribution < 1.29 is 8.42 Å². The van der Waals surface area contributed by atoms with E-state index in [2.05, 4.69) is 10.0 Å². The van der Waals surface area contributed by atoms with E-state index in [1.54, 1.807) is 18.2 Å². The molecular formula is C15H24N2O2S. The van der Waals surface area contributed by atoms with Crippen LogP contribution in [0.4, 0.5) is 0 Å². The predicted octanol–water partition coefficient (Wildman–Crippen LogP) is 2.41. The molecule has 0 spiro atoms. The Morgan fingerprint density at radius 1 is 1.15 bits per heavy atom. The molecular weight excluding hydrogens is 272 g/mol. The van der Waals surface area contributed by atoms with E-state index in [0.717, 1.165) is 12.1 Å². The molecule has 0 saturated heterocycles. The first-order valence-electron chi connectivity index (χ1n) is 7.38. The van der Waals surface area contributed by atoms with E-state index in [9.17, 15) is 8.42 Å². The Morgan fingerprint density at radius 2 is 1.85 bits per heavy atom. The highest BCUT2D eigenvalue weighted by Crippen LogP contribution is 2.18. The maximum atomic E-state index is 11.8. The molecule has 1 aromatic rings. The van der Waals surface area contributed by atoms with Crippen molar-refractivity contribution >= 4 is 10.0 Å². The van der Waals surface area contributed by atoms with Crippen LogP contribution in [0.5, 0.6) is 0 Å². The Bertz CT molecular complexity index is 520. The third-order valence-corrected chi connectivity index (χ3v) is 5.34. The highest BCUT2D eigenvalue weighted by molar-refractivity contribution is 7.89. The van der Waals surface area contributed by atoms with E-state index >= 15 is 0 Å². The summed E-state index contributed by atoms with van der Waals surface area (Å²) in [5.41, 5.74) is 1.02. The maximum absolute atomic E-state index is 11.8. The fourth-order valence-corrected chi connectivity index (χ4v) is 3.49. The molecule has 0 heterocycles. The second-order valence-electron chi connectivity index (χ2n) is 5.42. The minimum atomic E-state index is -3.35. The fourth-order valence-electron chi connectivity index (χ4n) is 2.69. The monoisotopic (exact) mass is 296 g/mol. The van der Waals surface area contributed by atoms with Crippen LogP contribution in [0.3, 0.4) is 0 Å². The van der Waals surface area contributed by atoms with Gasteiger partial charge in [0, 0.05) is 12.6 Å². The van der Waals surface area contributed by atoms with E-state index in [0.29, 0.717) is 10.9 Å². The minimum Gasteiger partial charge on any atom is -0.310 e. The lowest BCUT2D eigenvalue weighted by Gasteiger charge is -2.16. The van der Waals surface area contributed by atoms with Gasteiger partial charge in [-0.1, -0.05) is 37.8 Å². The van der Waals surface area contributed by atoms with Crippen molar-refractivity contribution in [3.05, 3.63) is 29.8 Å². The second kappa shape index (κ2) is 7.20. The van der Waals surface area contributed by atoms with Crippen LogP contribution >= 0.6 is 0 Å². The van der Waals surface area contributed by atoms with Gasteiger partial charge < -0.3 is 5.32 Å². The van der Waals surface area contributed by atoms with E-state index in [-0.39, 0.29) is 0 Å². The van der Waals surface area contributed by atoms with Crippen LogP contribution in [-0.4, -0.2) is 21.5 Å². The van der Waals surface area contributed by atoms with Gasteiger partial charge in [-0.15, -0.1) is 0 Å². The van der Waals surface area contributed by atoms with Gasteiger partial charge in [-0.25, -0.2) is 13.1 Å². The molecule has 1 aliphatic rings. The van der Waals surface area contributed by atoms with Crippen molar-refractivity contribution in [3.63, 3.8) is 0 Å². The summed E-state index contributed by atoms with van der Waals surface area (Å²) in [5, 5.41) is 3.56. The molecule has 5 heteroatoms. The molecule has 0 radical (unpaired) electrons. The average Bonchev–Trinajstić information content (AvgIpc) is 2.74. The van der Waals surface area contributed by atoms with Gasteiger partial charge in [0.1, 0.15) is 0 Å². The van der Waals surface area contributed by atoms with Gasteiger partial charge in [-0.3, -0.25) is 0 Å². The number of sulfonamides is 1. The first-order valence-corrected chi connectivity index (χ1v) is 8.86. The second-order valence-corrected chi connectivity index (χ2v) is 7.31. The smallest absolute Gasteiger partial charge is 0.240 e. The lowest BCUT2D eigenvalue weighted by atomic mass is 10.1. The summed E-state index contributed by atoms with van der Waals surface area (Å²) in [5.74, 6) is 0. The Balaban J connectivity index is 1.97. The van der Waals surface area contributed by atoms with E-state index in [1.165, 1.54) is 45.6 Å². The zero-order valence-corrected chi connectivity index (χ0v) is 12.9. The molecule has 0 aromatic heterocycles. The van der Waals surface area contributed by atoms with Crippen LogP contribution in [-0.2, 0) is 16.6 Å². The summed E-state index contributed by atoms with van der Waals surface area (Å²) in [6.45, 7) is 0.734. The third-order valence-electron chi connectivity index (χ3n) is 3.93. The van der Waals surface area contributed by atoms with Crippen LogP contribution in [0.25, 0.3) is 0 Å². The number of benzene rings is 1. The lowest BCUT2D eigenvalue weighted by Crippen LogP contribution is -2.28. The van der Waals surface area contributed by atoms with Gasteiger partial charge in [0.15, 0.2) is 0 Å². The van der Waals surface area contributed by atoms with Crippen molar-refractivity contribution in [1.29, 1.82) is 0 Å². The molecule has 20 heavy (non-hydrogen) atoms. The predicted molar refractivity (Wildman–Crippen MR) is 81.0 cm³/mol. The number of hydrogen-bond acceptors (Lipinski definition) is 3. The topological polar surface area (TPSA) is 58.2 Å². The molecule has 1 aliphatic carbocycles. The maximum Gasteiger partial charge on any atom is 0.240 e. The van der Waals surface area contributed by atoms with Crippen LogP contribution in [0, 0.1) is 0 Å². The molecule has 0 aliphatic heterocycles. The van der Waals surface area contributed by atoms with Gasteiger partial charge in [0.2, 0.25) is 10.0 Å². The Morgan fingerprint density at radius 3 is 2.50 bits per heavy atom. The van der Waals surface area contributed by atoms with Crippen molar-refractivity contribution in [1.82, 2.24) is 10.0 Å². The molecule has 0 amide bonds. The third kappa shape index (κ3) is 4.30. The fraction of sp³-hybridized carbons (Fsp3) is 0.600. The number of rotatable bonds is 5. The van der Waals surface area contributed by atoms with Gasteiger partial charge >= 0.3 is 0 Å². The SMILES string of the molecule is CNS(=O)(=O)c1cccc(CNC2CCCCCC2)c1. The summed E-state index contributed by atoms with van der Waals surface area (Å²) in [7, 11) is -1.91. The zero-order chi connectivity index (χ0) is 14.4.